The molecule has 0 aromatic carbocycles. The zero-order valence-corrected chi connectivity index (χ0v) is 40.4. The standard InChI is InChI=1S/C49H96NO10P/c1-3-5-7-9-11-13-15-17-18-19-20-21-22-23-24-25-26-27-29-31-33-35-37-39-41-48(52)60-45(43-58-61(55,56)59-44-46(50)49(53)54)42-57-47(51)40-38-36-34-32-30-28-16-14-12-10-8-6-4-2/h45-46H,3-44,50H2,1-2H3,(H,53,54)(H,55,56). The fourth-order valence-corrected chi connectivity index (χ4v) is 8.38. The fourth-order valence-electron chi connectivity index (χ4n) is 7.60. The molecular weight excluding hydrogens is 794 g/mol. The zero-order chi connectivity index (χ0) is 44.9. The van der Waals surface area contributed by atoms with Gasteiger partial charge in [-0.25, -0.2) is 4.57 Å². The average molecular weight is 890 g/mol. The second-order valence-corrected chi connectivity index (χ2v) is 19.1. The highest BCUT2D eigenvalue weighted by Gasteiger charge is 2.28. The summed E-state index contributed by atoms with van der Waals surface area (Å²) in [6, 6.07) is -1.52. The van der Waals surface area contributed by atoms with Gasteiger partial charge in [-0.1, -0.05) is 239 Å². The maximum atomic E-state index is 12.7. The Hall–Kier alpha value is -1.52. The normalized spacial score (nSPS) is 13.5. The monoisotopic (exact) mass is 890 g/mol. The van der Waals surface area contributed by atoms with Crippen LogP contribution in [0.4, 0.5) is 0 Å². The van der Waals surface area contributed by atoms with Crippen molar-refractivity contribution in [2.45, 2.75) is 276 Å². The van der Waals surface area contributed by atoms with Crippen LogP contribution >= 0.6 is 7.82 Å². The van der Waals surface area contributed by atoms with E-state index < -0.39 is 51.1 Å². The van der Waals surface area contributed by atoms with E-state index in [0.29, 0.717) is 12.8 Å². The Morgan fingerprint density at radius 1 is 0.443 bits per heavy atom. The number of nitrogens with two attached hydrogens (primary N) is 1. The van der Waals surface area contributed by atoms with Crippen LogP contribution in [0, 0.1) is 0 Å². The molecule has 12 heteroatoms. The molecule has 0 heterocycles. The van der Waals surface area contributed by atoms with Gasteiger partial charge < -0.3 is 25.2 Å². The molecule has 0 bridgehead atoms. The first-order chi connectivity index (χ1) is 29.6. The predicted octanol–water partition coefficient (Wildman–Crippen LogP) is 14.2. The van der Waals surface area contributed by atoms with E-state index in [0.717, 1.165) is 38.5 Å². The number of ether oxygens (including phenoxy) is 2. The molecule has 0 aromatic heterocycles. The molecule has 0 spiro atoms. The predicted molar refractivity (Wildman–Crippen MR) is 250 cm³/mol. The van der Waals surface area contributed by atoms with Crippen LogP contribution < -0.4 is 5.73 Å². The lowest BCUT2D eigenvalue weighted by Crippen LogP contribution is -2.34. The van der Waals surface area contributed by atoms with Gasteiger partial charge in [-0.05, 0) is 12.8 Å². The van der Waals surface area contributed by atoms with Gasteiger partial charge in [0.1, 0.15) is 12.6 Å². The third-order valence-electron chi connectivity index (χ3n) is 11.6. The zero-order valence-electron chi connectivity index (χ0n) is 39.5. The quantitative estimate of drug-likeness (QED) is 0.0301. The van der Waals surface area contributed by atoms with Crippen molar-refractivity contribution >= 4 is 25.7 Å². The van der Waals surface area contributed by atoms with E-state index in [4.69, 9.17) is 24.8 Å². The SMILES string of the molecule is CCCCCCCCCCCCCCCCCCCCCCCCCCC(=O)OC(COC(=O)CCCCCCCCCCCCCCC)COP(=O)(O)OCC(N)C(=O)O. The van der Waals surface area contributed by atoms with E-state index >= 15 is 0 Å². The van der Waals surface area contributed by atoms with Crippen molar-refractivity contribution in [1.29, 1.82) is 0 Å². The van der Waals surface area contributed by atoms with Gasteiger partial charge >= 0.3 is 25.7 Å². The number of carbonyl (C=O) groups excluding carboxylic acids is 2. The van der Waals surface area contributed by atoms with Crippen LogP contribution in [0.2, 0.25) is 0 Å². The van der Waals surface area contributed by atoms with Crippen LogP contribution in [0.1, 0.15) is 264 Å². The smallest absolute Gasteiger partial charge is 0.472 e. The van der Waals surface area contributed by atoms with Crippen LogP contribution in [0.5, 0.6) is 0 Å². The summed E-state index contributed by atoms with van der Waals surface area (Å²) in [7, 11) is -4.71. The van der Waals surface area contributed by atoms with Crippen LogP contribution in [-0.2, 0) is 37.5 Å². The van der Waals surface area contributed by atoms with Crippen molar-refractivity contribution in [3.05, 3.63) is 0 Å². The van der Waals surface area contributed by atoms with Crippen molar-refractivity contribution in [1.82, 2.24) is 0 Å². The van der Waals surface area contributed by atoms with Crippen LogP contribution in [-0.4, -0.2) is 59.9 Å². The van der Waals surface area contributed by atoms with Gasteiger partial charge in [0.25, 0.3) is 0 Å². The third kappa shape index (κ3) is 44.9. The minimum atomic E-state index is -4.71. The number of phosphoric acid groups is 1. The van der Waals surface area contributed by atoms with Crippen molar-refractivity contribution in [2.24, 2.45) is 5.73 Å². The van der Waals surface area contributed by atoms with Gasteiger partial charge in [-0.15, -0.1) is 0 Å². The molecule has 0 saturated carbocycles. The second kappa shape index (κ2) is 45.1. The Kier molecular flexibility index (Phi) is 43.9. The molecule has 0 aliphatic carbocycles. The van der Waals surface area contributed by atoms with E-state index in [1.165, 1.54) is 186 Å². The minimum Gasteiger partial charge on any atom is -0.480 e. The number of hydrogen-bond donors (Lipinski definition) is 3. The molecule has 0 amide bonds. The fraction of sp³-hybridized carbons (Fsp3) is 0.939. The summed E-state index contributed by atoms with van der Waals surface area (Å²) < 4.78 is 32.8. The molecule has 0 aliphatic heterocycles. The Balaban J connectivity index is 4.13. The first kappa shape index (κ1) is 59.5. The van der Waals surface area contributed by atoms with Gasteiger partial charge in [0.15, 0.2) is 6.10 Å². The molecular formula is C49H96NO10P. The maximum absolute atomic E-state index is 12.7. The molecule has 0 radical (unpaired) electrons. The number of aliphatic carboxylic acids is 1. The van der Waals surface area contributed by atoms with Crippen LogP contribution in [0.15, 0.2) is 0 Å². The molecule has 0 saturated heterocycles. The number of carboxylic acid groups (broad SMARTS) is 1. The number of rotatable bonds is 49. The lowest BCUT2D eigenvalue weighted by atomic mass is 10.0. The highest BCUT2D eigenvalue weighted by molar-refractivity contribution is 7.47. The van der Waals surface area contributed by atoms with Gasteiger partial charge in [-0.3, -0.25) is 23.4 Å². The second-order valence-electron chi connectivity index (χ2n) is 17.7. The molecule has 4 N–H and O–H groups in total. The van der Waals surface area contributed by atoms with Crippen LogP contribution in [0.25, 0.3) is 0 Å². The largest absolute Gasteiger partial charge is 0.480 e. The Morgan fingerprint density at radius 3 is 1.03 bits per heavy atom. The minimum absolute atomic E-state index is 0.170. The first-order valence-corrected chi connectivity index (χ1v) is 27.1. The van der Waals surface area contributed by atoms with E-state index in [1.54, 1.807) is 0 Å². The Bertz CT molecular complexity index is 1050. The molecule has 61 heavy (non-hydrogen) atoms. The number of hydrogen-bond acceptors (Lipinski definition) is 9. The van der Waals surface area contributed by atoms with E-state index in [-0.39, 0.29) is 19.4 Å². The summed E-state index contributed by atoms with van der Waals surface area (Å²) in [5.41, 5.74) is 5.35. The molecule has 0 aromatic rings. The summed E-state index contributed by atoms with van der Waals surface area (Å²) >= 11 is 0. The molecule has 3 unspecified atom stereocenters. The lowest BCUT2D eigenvalue weighted by Gasteiger charge is -2.20. The third-order valence-corrected chi connectivity index (χ3v) is 12.6. The van der Waals surface area contributed by atoms with E-state index in [9.17, 15) is 23.8 Å². The van der Waals surface area contributed by atoms with Crippen molar-refractivity contribution in [3.63, 3.8) is 0 Å². The van der Waals surface area contributed by atoms with Crippen molar-refractivity contribution < 1.29 is 47.5 Å². The lowest BCUT2D eigenvalue weighted by molar-refractivity contribution is -0.161. The van der Waals surface area contributed by atoms with Crippen LogP contribution in [0.3, 0.4) is 0 Å². The van der Waals surface area contributed by atoms with Gasteiger partial charge in [-0.2, -0.15) is 0 Å². The highest BCUT2D eigenvalue weighted by Crippen LogP contribution is 2.43. The number of unbranched alkanes of at least 4 members (excludes halogenated alkanes) is 35. The molecule has 362 valence electrons. The summed E-state index contributed by atoms with van der Waals surface area (Å²) in [5.74, 6) is -2.35. The van der Waals surface area contributed by atoms with E-state index in [2.05, 4.69) is 18.4 Å². The molecule has 3 atom stereocenters. The van der Waals surface area contributed by atoms with Gasteiger partial charge in [0.05, 0.1) is 13.2 Å². The Morgan fingerprint density at radius 2 is 0.721 bits per heavy atom. The molecule has 0 fully saturated rings. The molecule has 11 nitrogen and oxygen atoms in total. The number of carboxylic acids is 1. The molecule has 0 aliphatic rings. The highest BCUT2D eigenvalue weighted by atomic mass is 31.2. The number of phosphoric ester groups is 1. The molecule has 0 rings (SSSR count). The Labute approximate surface area is 374 Å². The van der Waals surface area contributed by atoms with Gasteiger partial charge in [0, 0.05) is 12.8 Å². The number of carbonyl (C=O) groups is 3. The summed E-state index contributed by atoms with van der Waals surface area (Å²) in [4.78, 5) is 46.1. The summed E-state index contributed by atoms with van der Waals surface area (Å²) in [6.07, 6.45) is 46.0. The average Bonchev–Trinajstić information content (AvgIpc) is 3.24. The maximum Gasteiger partial charge on any atom is 0.472 e. The first-order valence-electron chi connectivity index (χ1n) is 25.6. The van der Waals surface area contributed by atoms with Crippen molar-refractivity contribution in [2.75, 3.05) is 19.8 Å². The number of esters is 2. The summed E-state index contributed by atoms with van der Waals surface area (Å²) in [6.45, 7) is 2.86. The van der Waals surface area contributed by atoms with Crippen molar-refractivity contribution in [3.8, 4) is 0 Å². The van der Waals surface area contributed by atoms with Gasteiger partial charge in [0.2, 0.25) is 0 Å². The van der Waals surface area contributed by atoms with E-state index in [1.807, 2.05) is 0 Å². The summed E-state index contributed by atoms with van der Waals surface area (Å²) in [5, 5.41) is 8.91. The topological polar surface area (TPSA) is 172 Å².